The summed E-state index contributed by atoms with van der Waals surface area (Å²) in [7, 11) is 0. The molecule has 6 aromatic rings. The van der Waals surface area contributed by atoms with Gasteiger partial charge >= 0.3 is 0 Å². The van der Waals surface area contributed by atoms with Gasteiger partial charge in [0.15, 0.2) is 0 Å². The molecule has 6 aromatic carbocycles. The Labute approximate surface area is 465 Å². The van der Waals surface area contributed by atoms with Crippen LogP contribution in [0.2, 0.25) is 0 Å². The lowest BCUT2D eigenvalue weighted by molar-refractivity contribution is 0.194. The van der Waals surface area contributed by atoms with E-state index in [4.69, 9.17) is 15.4 Å². The summed E-state index contributed by atoms with van der Waals surface area (Å²) < 4.78 is 0. The molecule has 1 unspecified atom stereocenters. The number of hydrogen-bond donors (Lipinski definition) is 4. The Morgan fingerprint density at radius 2 is 0.766 bits per heavy atom. The minimum Gasteiger partial charge on any atom is -0.409 e. The second kappa shape index (κ2) is 28.3. The molecule has 77 heavy (non-hydrogen) atoms. The van der Waals surface area contributed by atoms with Crippen LogP contribution in [0.25, 0.3) is 11.1 Å². The fourth-order valence-electron chi connectivity index (χ4n) is 10.9. The van der Waals surface area contributed by atoms with Crippen molar-refractivity contribution >= 4 is 34.1 Å². The molecule has 0 amide bonds. The van der Waals surface area contributed by atoms with Crippen molar-refractivity contribution in [2.45, 2.75) is 194 Å². The Morgan fingerprint density at radius 1 is 0.416 bits per heavy atom. The number of unbranched alkanes of at least 4 members (excludes halogenated alkanes) is 11. The number of nitrogens with zero attached hydrogens (tertiary/aromatic N) is 2. The molecule has 0 aromatic heterocycles. The van der Waals surface area contributed by atoms with E-state index in [9.17, 15) is 0 Å². The van der Waals surface area contributed by atoms with Crippen molar-refractivity contribution in [3.8, 4) is 22.6 Å². The molecule has 7 rings (SSSR count). The summed E-state index contributed by atoms with van der Waals surface area (Å²) in [6, 6.07) is 49.4. The van der Waals surface area contributed by atoms with Crippen LogP contribution in [0.15, 0.2) is 133 Å². The zero-order valence-electron chi connectivity index (χ0n) is 49.0. The number of fused-ring (bicyclic) bond motifs is 3. The van der Waals surface area contributed by atoms with E-state index in [1.54, 1.807) is 0 Å². The van der Waals surface area contributed by atoms with Crippen LogP contribution in [0.5, 0.6) is 11.5 Å². The van der Waals surface area contributed by atoms with Crippen molar-refractivity contribution < 1.29 is 9.68 Å². The summed E-state index contributed by atoms with van der Waals surface area (Å²) in [6.45, 7) is 25.1. The second-order valence-electron chi connectivity index (χ2n) is 23.7. The lowest BCUT2D eigenvalue weighted by Gasteiger charge is -2.40. The first-order valence-corrected chi connectivity index (χ1v) is 29.8. The molecular weight excluding hydrogens is 945 g/mol. The maximum Gasteiger partial charge on any atom is 0.147 e. The standard InChI is InChI=1S/C69H96N6O2/c1-11-15-19-21-23-25-47-71-69(66(70)26-24-22-20-16-12-2)64-50-58(74(54-31-27-52(28-32-54)67(5,6)7)56-35-41-60(42-36-56)76-72-48-17-13-3)39-45-62(64)63-46-40-59(51-65(63)69)75(55-33-29-53(30-34-55)68(8,9)10)57-37-43-61(44-38-57)77-73-49-18-14-4/h27-46,50-51,66,71-73H,11-26,47-49,70H2,1-10H3. The highest BCUT2D eigenvalue weighted by atomic mass is 16.6. The molecule has 0 spiro atoms. The van der Waals surface area contributed by atoms with Gasteiger partial charge in [-0.3, -0.25) is 0 Å². The molecule has 1 aliphatic rings. The molecule has 0 heterocycles. The Hall–Kier alpha value is -5.64. The van der Waals surface area contributed by atoms with Crippen LogP contribution in [0.1, 0.15) is 194 Å². The lowest BCUT2D eigenvalue weighted by Crippen LogP contribution is -2.55. The zero-order chi connectivity index (χ0) is 54.8. The highest BCUT2D eigenvalue weighted by molar-refractivity contribution is 5.89. The van der Waals surface area contributed by atoms with Gasteiger partial charge in [-0.15, -0.1) is 0 Å². The van der Waals surface area contributed by atoms with E-state index in [-0.39, 0.29) is 16.9 Å². The SMILES string of the molecule is CCCCCCCCNC1(C(N)CCCCCCC)c2cc(N(c3ccc(ONCCCC)cc3)c3ccc(C(C)(C)C)cc3)ccc2-c2ccc(N(c3ccc(ONCCCC)cc3)c3ccc(C(C)(C)C)cc3)cc21. The Bertz CT molecular complexity index is 2520. The van der Waals surface area contributed by atoms with Crippen LogP contribution in [0.4, 0.5) is 34.1 Å². The summed E-state index contributed by atoms with van der Waals surface area (Å²) >= 11 is 0. The second-order valence-corrected chi connectivity index (χ2v) is 23.7. The fourth-order valence-corrected chi connectivity index (χ4v) is 10.9. The van der Waals surface area contributed by atoms with Gasteiger partial charge in [-0.25, -0.2) is 0 Å². The molecule has 5 N–H and O–H groups in total. The number of nitrogens with two attached hydrogens (primary N) is 1. The molecule has 0 saturated carbocycles. The smallest absolute Gasteiger partial charge is 0.147 e. The summed E-state index contributed by atoms with van der Waals surface area (Å²) in [4.78, 5) is 16.8. The van der Waals surface area contributed by atoms with E-state index in [0.29, 0.717) is 0 Å². The molecule has 0 bridgehead atoms. The first-order chi connectivity index (χ1) is 37.2. The van der Waals surface area contributed by atoms with Gasteiger partial charge in [0.25, 0.3) is 0 Å². The van der Waals surface area contributed by atoms with E-state index in [2.05, 4.69) is 229 Å². The van der Waals surface area contributed by atoms with Crippen molar-refractivity contribution in [3.05, 3.63) is 156 Å². The third kappa shape index (κ3) is 15.1. The molecule has 0 saturated heterocycles. The topological polar surface area (TPSA) is 87.0 Å². The summed E-state index contributed by atoms with van der Waals surface area (Å²) in [5.74, 6) is 1.58. The maximum atomic E-state index is 7.97. The molecule has 8 heteroatoms. The number of hydrogen-bond acceptors (Lipinski definition) is 8. The van der Waals surface area contributed by atoms with Gasteiger partial charge in [0.1, 0.15) is 11.5 Å². The molecule has 0 aliphatic heterocycles. The number of nitrogens with one attached hydrogen (secondary N) is 3. The van der Waals surface area contributed by atoms with Crippen molar-refractivity contribution in [2.24, 2.45) is 5.73 Å². The third-order valence-corrected chi connectivity index (χ3v) is 15.6. The number of hydroxylamine groups is 2. The van der Waals surface area contributed by atoms with Gasteiger partial charge in [-0.05, 0) is 174 Å². The summed E-state index contributed by atoms with van der Waals surface area (Å²) in [6.07, 6.45) is 18.5. The van der Waals surface area contributed by atoms with Gasteiger partial charge in [-0.2, -0.15) is 11.0 Å². The van der Waals surface area contributed by atoms with Gasteiger partial charge in [0.2, 0.25) is 0 Å². The minimum atomic E-state index is -0.682. The lowest BCUT2D eigenvalue weighted by atomic mass is 9.78. The van der Waals surface area contributed by atoms with E-state index in [1.807, 2.05) is 0 Å². The predicted molar refractivity (Wildman–Crippen MR) is 329 cm³/mol. The monoisotopic (exact) mass is 1040 g/mol. The summed E-state index contributed by atoms with van der Waals surface area (Å²) in [5, 5.41) is 4.35. The average molecular weight is 1040 g/mol. The van der Waals surface area contributed by atoms with Gasteiger partial charge in [0.05, 0.1) is 5.54 Å². The van der Waals surface area contributed by atoms with Crippen molar-refractivity contribution in [1.82, 2.24) is 16.3 Å². The van der Waals surface area contributed by atoms with Crippen LogP contribution < -0.4 is 41.5 Å². The van der Waals surface area contributed by atoms with E-state index in [0.717, 1.165) is 110 Å². The molecule has 1 aliphatic carbocycles. The minimum absolute atomic E-state index is 0.0218. The van der Waals surface area contributed by atoms with Crippen molar-refractivity contribution in [3.63, 3.8) is 0 Å². The average Bonchev–Trinajstić information content (AvgIpc) is 3.85. The molecular formula is C69H96N6O2. The largest absolute Gasteiger partial charge is 0.409 e. The van der Waals surface area contributed by atoms with Gasteiger partial charge < -0.3 is 30.5 Å². The molecule has 0 fully saturated rings. The maximum absolute atomic E-state index is 7.97. The highest BCUT2D eigenvalue weighted by Gasteiger charge is 2.48. The number of rotatable bonds is 31. The van der Waals surface area contributed by atoms with Crippen LogP contribution in [-0.4, -0.2) is 25.7 Å². The number of benzene rings is 6. The Balaban J connectivity index is 1.40. The van der Waals surface area contributed by atoms with Crippen LogP contribution >= 0.6 is 0 Å². The molecule has 414 valence electrons. The van der Waals surface area contributed by atoms with Gasteiger partial charge in [0, 0.05) is 53.3 Å². The number of anilines is 6. The normalized spacial score (nSPS) is 13.3. The van der Waals surface area contributed by atoms with Gasteiger partial charge in [-0.1, -0.05) is 183 Å². The van der Waals surface area contributed by atoms with Crippen molar-refractivity contribution in [1.29, 1.82) is 0 Å². The Morgan fingerprint density at radius 3 is 1.16 bits per heavy atom. The third-order valence-electron chi connectivity index (χ3n) is 15.6. The fraction of sp³-hybridized carbons (Fsp3) is 0.478. The van der Waals surface area contributed by atoms with Crippen LogP contribution in [0.3, 0.4) is 0 Å². The molecule has 0 radical (unpaired) electrons. The first kappa shape index (κ1) is 59.0. The summed E-state index contributed by atoms with van der Waals surface area (Å²) in [5.41, 5.74) is 27.7. The highest BCUT2D eigenvalue weighted by Crippen LogP contribution is 2.54. The van der Waals surface area contributed by atoms with Crippen LogP contribution in [-0.2, 0) is 16.4 Å². The molecule has 8 nitrogen and oxygen atoms in total. The van der Waals surface area contributed by atoms with E-state index >= 15 is 0 Å². The Kier molecular flexibility index (Phi) is 21.7. The van der Waals surface area contributed by atoms with Crippen molar-refractivity contribution in [2.75, 3.05) is 29.4 Å². The molecule has 1 atom stereocenters. The van der Waals surface area contributed by atoms with E-state index < -0.39 is 5.54 Å². The predicted octanol–water partition coefficient (Wildman–Crippen LogP) is 18.5. The van der Waals surface area contributed by atoms with E-state index in [1.165, 1.54) is 91.2 Å². The quantitative estimate of drug-likeness (QED) is 0.0253. The first-order valence-electron chi connectivity index (χ1n) is 29.8. The van der Waals surface area contributed by atoms with Crippen LogP contribution in [0, 0.1) is 0 Å². The zero-order valence-corrected chi connectivity index (χ0v) is 49.0.